The van der Waals surface area contributed by atoms with E-state index >= 15 is 0 Å². The van der Waals surface area contributed by atoms with Gasteiger partial charge in [-0.2, -0.15) is 4.31 Å². The number of sulfonamides is 1. The summed E-state index contributed by atoms with van der Waals surface area (Å²) in [6.45, 7) is 5.09. The van der Waals surface area contributed by atoms with Gasteiger partial charge in [-0.25, -0.2) is 12.8 Å². The molecule has 1 heterocycles. The molecule has 1 aliphatic rings. The lowest BCUT2D eigenvalue weighted by molar-refractivity contribution is -0.0441. The number of halogens is 1. The first-order valence-electron chi connectivity index (χ1n) is 6.81. The van der Waals surface area contributed by atoms with Gasteiger partial charge in [0.1, 0.15) is 5.82 Å². The lowest BCUT2D eigenvalue weighted by Gasteiger charge is -2.34. The monoisotopic (exact) mass is 317 g/mol. The van der Waals surface area contributed by atoms with Crippen LogP contribution in [0.1, 0.15) is 25.0 Å². The first-order chi connectivity index (χ1) is 9.75. The fourth-order valence-electron chi connectivity index (χ4n) is 2.53. The molecule has 1 saturated heterocycles. The molecule has 0 aliphatic carbocycles. The first kappa shape index (κ1) is 16.4. The van der Waals surface area contributed by atoms with Crippen molar-refractivity contribution >= 4 is 10.0 Å². The molecule has 0 saturated carbocycles. The smallest absolute Gasteiger partial charge is 0.243 e. The molecule has 1 fully saturated rings. The summed E-state index contributed by atoms with van der Waals surface area (Å²) in [5.41, 5.74) is 0.310. The van der Waals surface area contributed by atoms with Gasteiger partial charge in [-0.05, 0) is 38.5 Å². The van der Waals surface area contributed by atoms with Gasteiger partial charge in [0.05, 0.1) is 23.7 Å². The molecule has 0 bridgehead atoms. The summed E-state index contributed by atoms with van der Waals surface area (Å²) in [5, 5.41) is 9.14. The van der Waals surface area contributed by atoms with Gasteiger partial charge in [-0.3, -0.25) is 0 Å². The Balaban J connectivity index is 2.46. The van der Waals surface area contributed by atoms with Crippen molar-refractivity contribution in [1.82, 2.24) is 4.31 Å². The third-order valence-corrected chi connectivity index (χ3v) is 5.50. The van der Waals surface area contributed by atoms with Crippen molar-refractivity contribution in [2.75, 3.05) is 13.1 Å². The summed E-state index contributed by atoms with van der Waals surface area (Å²) < 4.78 is 46.2. The average molecular weight is 317 g/mol. The Hall–Kier alpha value is -1.02. The summed E-state index contributed by atoms with van der Waals surface area (Å²) in [6.07, 6.45) is -0.426. The fourth-order valence-corrected chi connectivity index (χ4v) is 4.41. The zero-order valence-electron chi connectivity index (χ0n) is 12.3. The van der Waals surface area contributed by atoms with Gasteiger partial charge in [0.25, 0.3) is 0 Å². The topological polar surface area (TPSA) is 66.8 Å². The second-order valence-electron chi connectivity index (χ2n) is 5.44. The van der Waals surface area contributed by atoms with Crippen LogP contribution in [0.15, 0.2) is 17.0 Å². The maximum atomic E-state index is 13.9. The van der Waals surface area contributed by atoms with E-state index in [1.165, 1.54) is 17.3 Å². The molecule has 0 radical (unpaired) electrons. The van der Waals surface area contributed by atoms with E-state index in [0.717, 1.165) is 6.07 Å². The number of morpholine rings is 1. The number of ether oxygens (including phenoxy) is 1. The molecule has 118 valence electrons. The Morgan fingerprint density at radius 3 is 2.43 bits per heavy atom. The van der Waals surface area contributed by atoms with E-state index in [4.69, 9.17) is 9.84 Å². The number of hydrogen-bond acceptors (Lipinski definition) is 4. The van der Waals surface area contributed by atoms with Crippen LogP contribution in [0.4, 0.5) is 4.39 Å². The highest BCUT2D eigenvalue weighted by Gasteiger charge is 2.33. The summed E-state index contributed by atoms with van der Waals surface area (Å²) in [5.74, 6) is -0.630. The zero-order chi connectivity index (χ0) is 15.8. The molecule has 0 spiro atoms. The summed E-state index contributed by atoms with van der Waals surface area (Å²) in [6, 6.07) is 2.48. The molecule has 2 rings (SSSR count). The van der Waals surface area contributed by atoms with Gasteiger partial charge in [-0.15, -0.1) is 0 Å². The Morgan fingerprint density at radius 1 is 1.33 bits per heavy atom. The standard InChI is InChI=1S/C14H20FNO4S/c1-9-6-16(7-10(2)20-9)21(18,19)14-5-12(8-17)4-13(15)11(14)3/h4-5,9-10,17H,6-8H2,1-3H3. The Kier molecular flexibility index (Phi) is 4.67. The summed E-state index contributed by atoms with van der Waals surface area (Å²) >= 11 is 0. The number of aliphatic hydroxyl groups excluding tert-OH is 1. The number of aliphatic hydroxyl groups is 1. The van der Waals surface area contributed by atoms with Crippen LogP contribution in [0.25, 0.3) is 0 Å². The van der Waals surface area contributed by atoms with Gasteiger partial charge in [-0.1, -0.05) is 0 Å². The van der Waals surface area contributed by atoms with Crippen LogP contribution in [0.3, 0.4) is 0 Å². The summed E-state index contributed by atoms with van der Waals surface area (Å²) in [4.78, 5) is -0.0900. The van der Waals surface area contributed by atoms with E-state index in [9.17, 15) is 12.8 Å². The van der Waals surface area contributed by atoms with E-state index < -0.39 is 22.4 Å². The van der Waals surface area contributed by atoms with E-state index in [0.29, 0.717) is 0 Å². The molecule has 1 aromatic rings. The molecule has 2 atom stereocenters. The van der Waals surface area contributed by atoms with Crippen molar-refractivity contribution < 1.29 is 22.7 Å². The van der Waals surface area contributed by atoms with Crippen molar-refractivity contribution in [2.45, 2.75) is 44.5 Å². The molecule has 1 N–H and O–H groups in total. The van der Waals surface area contributed by atoms with E-state index in [1.54, 1.807) is 13.8 Å². The minimum Gasteiger partial charge on any atom is -0.392 e. The van der Waals surface area contributed by atoms with Crippen LogP contribution in [0.2, 0.25) is 0 Å². The molecule has 1 aliphatic heterocycles. The predicted octanol–water partition coefficient (Wildman–Crippen LogP) is 1.42. The van der Waals surface area contributed by atoms with Gasteiger partial charge in [0, 0.05) is 18.7 Å². The third-order valence-electron chi connectivity index (χ3n) is 3.54. The largest absolute Gasteiger partial charge is 0.392 e. The number of hydrogen-bond donors (Lipinski definition) is 1. The van der Waals surface area contributed by atoms with E-state index in [1.807, 2.05) is 0 Å². The maximum Gasteiger partial charge on any atom is 0.243 e. The van der Waals surface area contributed by atoms with Crippen LogP contribution in [-0.2, 0) is 21.4 Å². The molecule has 1 aromatic carbocycles. The average Bonchev–Trinajstić information content (AvgIpc) is 2.40. The van der Waals surface area contributed by atoms with Gasteiger partial charge in [0.2, 0.25) is 10.0 Å². The predicted molar refractivity (Wildman–Crippen MR) is 75.8 cm³/mol. The molecular weight excluding hydrogens is 297 g/mol. The Bertz CT molecular complexity index is 622. The zero-order valence-corrected chi connectivity index (χ0v) is 13.2. The van der Waals surface area contributed by atoms with Gasteiger partial charge < -0.3 is 9.84 Å². The SMILES string of the molecule is Cc1c(F)cc(CO)cc1S(=O)(=O)N1CC(C)OC(C)C1. The van der Waals surface area contributed by atoms with Crippen molar-refractivity contribution in [1.29, 1.82) is 0 Å². The number of benzene rings is 1. The number of rotatable bonds is 3. The molecular formula is C14H20FNO4S. The minimum atomic E-state index is -3.81. The third kappa shape index (κ3) is 3.26. The highest BCUT2D eigenvalue weighted by molar-refractivity contribution is 7.89. The van der Waals surface area contributed by atoms with E-state index in [-0.39, 0.29) is 41.3 Å². The van der Waals surface area contributed by atoms with Crippen LogP contribution < -0.4 is 0 Å². The number of nitrogens with zero attached hydrogens (tertiary/aromatic N) is 1. The van der Waals surface area contributed by atoms with Crippen molar-refractivity contribution in [3.05, 3.63) is 29.1 Å². The van der Waals surface area contributed by atoms with Crippen molar-refractivity contribution in [3.8, 4) is 0 Å². The highest BCUT2D eigenvalue weighted by atomic mass is 32.2. The quantitative estimate of drug-likeness (QED) is 0.916. The molecule has 5 nitrogen and oxygen atoms in total. The van der Waals surface area contributed by atoms with Crippen molar-refractivity contribution in [3.63, 3.8) is 0 Å². The van der Waals surface area contributed by atoms with Crippen LogP contribution in [0.5, 0.6) is 0 Å². The molecule has 0 amide bonds. The van der Waals surface area contributed by atoms with Crippen LogP contribution >= 0.6 is 0 Å². The van der Waals surface area contributed by atoms with Crippen molar-refractivity contribution in [2.24, 2.45) is 0 Å². The lowest BCUT2D eigenvalue weighted by atomic mass is 10.1. The highest BCUT2D eigenvalue weighted by Crippen LogP contribution is 2.26. The first-order valence-corrected chi connectivity index (χ1v) is 8.25. The second kappa shape index (κ2) is 6.00. The Morgan fingerprint density at radius 2 is 1.90 bits per heavy atom. The summed E-state index contributed by atoms with van der Waals surface area (Å²) in [7, 11) is -3.81. The molecule has 7 heteroatoms. The molecule has 0 aromatic heterocycles. The van der Waals surface area contributed by atoms with E-state index in [2.05, 4.69) is 0 Å². The second-order valence-corrected chi connectivity index (χ2v) is 7.34. The van der Waals surface area contributed by atoms with Crippen LogP contribution in [0, 0.1) is 12.7 Å². The molecule has 21 heavy (non-hydrogen) atoms. The lowest BCUT2D eigenvalue weighted by Crippen LogP contribution is -2.48. The fraction of sp³-hybridized carbons (Fsp3) is 0.571. The van der Waals surface area contributed by atoms with Gasteiger partial charge in [0.15, 0.2) is 0 Å². The maximum absolute atomic E-state index is 13.9. The normalized spacial score (nSPS) is 24.2. The van der Waals surface area contributed by atoms with Crippen LogP contribution in [-0.4, -0.2) is 43.1 Å². The van der Waals surface area contributed by atoms with Gasteiger partial charge >= 0.3 is 0 Å². The Labute approximate surface area is 124 Å². The minimum absolute atomic E-state index is 0.0685. The molecule has 2 unspecified atom stereocenters.